The molecule has 0 aliphatic rings. The van der Waals surface area contributed by atoms with Gasteiger partial charge in [0.15, 0.2) is 0 Å². The molecule has 0 aromatic heterocycles. The number of hydrogen-bond acceptors (Lipinski definition) is 3. The number of aliphatic hydroxyl groups is 1. The van der Waals surface area contributed by atoms with Gasteiger partial charge < -0.3 is 16.6 Å². The highest BCUT2D eigenvalue weighted by Crippen LogP contribution is 2.27. The number of nitrogens with two attached hydrogens (primary N) is 2. The van der Waals surface area contributed by atoms with Crippen molar-refractivity contribution in [1.82, 2.24) is 0 Å². The molecule has 5 N–H and O–H groups in total. The van der Waals surface area contributed by atoms with Crippen molar-refractivity contribution in [2.45, 2.75) is 110 Å². The van der Waals surface area contributed by atoms with Gasteiger partial charge in [-0.1, -0.05) is 56.6 Å². The van der Waals surface area contributed by atoms with Crippen molar-refractivity contribution in [3.63, 3.8) is 0 Å². The van der Waals surface area contributed by atoms with E-state index in [1.165, 1.54) is 63.4 Å². The van der Waals surface area contributed by atoms with Crippen LogP contribution in [0.25, 0.3) is 0 Å². The van der Waals surface area contributed by atoms with Crippen LogP contribution in [0.3, 0.4) is 0 Å². The lowest BCUT2D eigenvalue weighted by atomic mass is 9.83. The molecule has 0 aromatic rings. The number of rotatable bonds is 17. The highest BCUT2D eigenvalue weighted by atomic mass is 16.3. The van der Waals surface area contributed by atoms with Gasteiger partial charge >= 0.3 is 0 Å². The van der Waals surface area contributed by atoms with E-state index in [4.69, 9.17) is 11.5 Å². The Kier molecular flexibility index (Phi) is 15.6. The topological polar surface area (TPSA) is 72.3 Å². The molecule has 0 aliphatic heterocycles. The van der Waals surface area contributed by atoms with Crippen LogP contribution in [0.5, 0.6) is 0 Å². The van der Waals surface area contributed by atoms with Gasteiger partial charge in [0.05, 0.1) is 5.60 Å². The fourth-order valence-electron chi connectivity index (χ4n) is 3.35. The first kappa shape index (κ1) is 24.6. The molecule has 0 amide bonds. The van der Waals surface area contributed by atoms with Crippen molar-refractivity contribution in [3.8, 4) is 0 Å². The van der Waals surface area contributed by atoms with Crippen LogP contribution in [0.1, 0.15) is 104 Å². The van der Waals surface area contributed by atoms with Gasteiger partial charge in [0.25, 0.3) is 0 Å². The second-order valence-corrected chi connectivity index (χ2v) is 8.29. The first-order valence-corrected chi connectivity index (χ1v) is 10.7. The Balaban J connectivity index is 4.03. The minimum absolute atomic E-state index is 0.363. The molecule has 3 heteroatoms. The maximum absolute atomic E-state index is 10.5. The molecule has 0 bridgehead atoms. The summed E-state index contributed by atoms with van der Waals surface area (Å²) in [7, 11) is 0. The van der Waals surface area contributed by atoms with Gasteiger partial charge in [-0.2, -0.15) is 0 Å². The number of allylic oxidation sites excluding steroid dienone is 2. The summed E-state index contributed by atoms with van der Waals surface area (Å²) in [6, 6.07) is 0. The average molecular weight is 355 g/mol. The van der Waals surface area contributed by atoms with Crippen molar-refractivity contribution in [2.75, 3.05) is 13.1 Å². The van der Waals surface area contributed by atoms with Crippen LogP contribution in [-0.4, -0.2) is 23.8 Å². The zero-order valence-corrected chi connectivity index (χ0v) is 17.4. The summed E-state index contributed by atoms with van der Waals surface area (Å²) in [4.78, 5) is 0. The van der Waals surface area contributed by atoms with E-state index in [1.54, 1.807) is 0 Å². The quantitative estimate of drug-likeness (QED) is 0.245. The Morgan fingerprint density at radius 3 is 1.84 bits per heavy atom. The van der Waals surface area contributed by atoms with E-state index in [1.807, 2.05) is 13.8 Å². The second-order valence-electron chi connectivity index (χ2n) is 8.29. The highest BCUT2D eigenvalue weighted by Gasteiger charge is 2.25. The van der Waals surface area contributed by atoms with E-state index in [9.17, 15) is 5.11 Å². The van der Waals surface area contributed by atoms with E-state index < -0.39 is 5.60 Å². The molecule has 0 rings (SSSR count). The first-order valence-electron chi connectivity index (χ1n) is 10.7. The third-order valence-electron chi connectivity index (χ3n) is 5.28. The normalized spacial score (nSPS) is 14.1. The largest absolute Gasteiger partial charge is 0.390 e. The zero-order chi connectivity index (χ0) is 19.0. The molecule has 150 valence electrons. The van der Waals surface area contributed by atoms with Crippen molar-refractivity contribution in [3.05, 3.63) is 11.6 Å². The maximum atomic E-state index is 10.5. The van der Waals surface area contributed by atoms with E-state index in [0.29, 0.717) is 5.92 Å². The second kappa shape index (κ2) is 15.8. The Morgan fingerprint density at radius 1 is 0.840 bits per heavy atom. The molecule has 0 spiro atoms. The SMILES string of the molecule is CC(=CCC(CCCCCCCN)C(C)(C)O)CCCCCCCN. The van der Waals surface area contributed by atoms with Gasteiger partial charge in [0.2, 0.25) is 0 Å². The summed E-state index contributed by atoms with van der Waals surface area (Å²) >= 11 is 0. The van der Waals surface area contributed by atoms with E-state index in [2.05, 4.69) is 13.0 Å². The maximum Gasteiger partial charge on any atom is 0.0622 e. The average Bonchev–Trinajstić information content (AvgIpc) is 2.55. The van der Waals surface area contributed by atoms with Crippen LogP contribution in [-0.2, 0) is 0 Å². The Morgan fingerprint density at radius 2 is 1.32 bits per heavy atom. The summed E-state index contributed by atoms with van der Waals surface area (Å²) in [5, 5.41) is 10.5. The Hall–Kier alpha value is -0.380. The van der Waals surface area contributed by atoms with Crippen molar-refractivity contribution >= 4 is 0 Å². The molecule has 0 fully saturated rings. The van der Waals surface area contributed by atoms with Crippen molar-refractivity contribution in [2.24, 2.45) is 17.4 Å². The molecule has 0 saturated carbocycles. The van der Waals surface area contributed by atoms with Gasteiger partial charge in [0, 0.05) is 0 Å². The standard InChI is InChI=1S/C22H46N2O/c1-20(14-10-6-4-8-12-18-23)16-17-21(22(2,3)25)15-11-7-5-9-13-19-24/h16,21,25H,4-15,17-19,23-24H2,1-3H3. The molecule has 0 aromatic carbocycles. The van der Waals surface area contributed by atoms with E-state index in [-0.39, 0.29) is 0 Å². The van der Waals surface area contributed by atoms with Gasteiger partial charge in [-0.3, -0.25) is 0 Å². The Bertz CT molecular complexity index is 320. The van der Waals surface area contributed by atoms with Crippen LogP contribution in [0.15, 0.2) is 11.6 Å². The van der Waals surface area contributed by atoms with E-state index >= 15 is 0 Å². The highest BCUT2D eigenvalue weighted by molar-refractivity contribution is 5.00. The van der Waals surface area contributed by atoms with Gasteiger partial charge in [-0.15, -0.1) is 0 Å². The Labute approximate surface area is 157 Å². The minimum Gasteiger partial charge on any atom is -0.390 e. The van der Waals surface area contributed by atoms with Crippen LogP contribution < -0.4 is 11.5 Å². The predicted molar refractivity (Wildman–Crippen MR) is 112 cm³/mol. The molecule has 25 heavy (non-hydrogen) atoms. The first-order chi connectivity index (χ1) is 11.9. The molecule has 0 saturated heterocycles. The van der Waals surface area contributed by atoms with Gasteiger partial charge in [-0.05, 0) is 78.3 Å². The molecule has 3 nitrogen and oxygen atoms in total. The summed E-state index contributed by atoms with van der Waals surface area (Å²) < 4.78 is 0. The zero-order valence-electron chi connectivity index (χ0n) is 17.4. The summed E-state index contributed by atoms with van der Waals surface area (Å²) in [6.07, 6.45) is 18.2. The predicted octanol–water partition coefficient (Wildman–Crippen LogP) is 5.31. The molecular weight excluding hydrogens is 308 g/mol. The summed E-state index contributed by atoms with van der Waals surface area (Å²) in [5.74, 6) is 0.363. The molecule has 0 heterocycles. The molecule has 0 aliphatic carbocycles. The monoisotopic (exact) mass is 354 g/mol. The lowest BCUT2D eigenvalue weighted by Gasteiger charge is -2.29. The smallest absolute Gasteiger partial charge is 0.0622 e. The number of hydrogen-bond donors (Lipinski definition) is 3. The van der Waals surface area contributed by atoms with Gasteiger partial charge in [0.1, 0.15) is 0 Å². The lowest BCUT2D eigenvalue weighted by molar-refractivity contribution is 0.0132. The third-order valence-corrected chi connectivity index (χ3v) is 5.28. The fourth-order valence-corrected chi connectivity index (χ4v) is 3.35. The van der Waals surface area contributed by atoms with Crippen LogP contribution >= 0.6 is 0 Å². The number of unbranched alkanes of at least 4 members (excludes halogenated alkanes) is 8. The lowest BCUT2D eigenvalue weighted by Crippen LogP contribution is -2.30. The van der Waals surface area contributed by atoms with Gasteiger partial charge in [-0.25, -0.2) is 0 Å². The van der Waals surface area contributed by atoms with E-state index in [0.717, 1.165) is 38.8 Å². The van der Waals surface area contributed by atoms with Crippen molar-refractivity contribution < 1.29 is 5.11 Å². The molecule has 1 atom stereocenters. The van der Waals surface area contributed by atoms with Crippen LogP contribution in [0.2, 0.25) is 0 Å². The van der Waals surface area contributed by atoms with Crippen molar-refractivity contribution in [1.29, 1.82) is 0 Å². The van der Waals surface area contributed by atoms with Crippen LogP contribution in [0, 0.1) is 5.92 Å². The minimum atomic E-state index is -0.587. The van der Waals surface area contributed by atoms with Crippen LogP contribution in [0.4, 0.5) is 0 Å². The third kappa shape index (κ3) is 15.6. The summed E-state index contributed by atoms with van der Waals surface area (Å²) in [6.45, 7) is 7.81. The fraction of sp³-hybridized carbons (Fsp3) is 0.909. The molecule has 0 radical (unpaired) electrons. The molecular formula is C22H46N2O. The molecule has 1 unspecified atom stereocenters. The summed E-state index contributed by atoms with van der Waals surface area (Å²) in [5.41, 5.74) is 12.0.